The van der Waals surface area contributed by atoms with Crippen LogP contribution in [-0.4, -0.2) is 28.5 Å². The van der Waals surface area contributed by atoms with Crippen LogP contribution in [0.4, 0.5) is 5.69 Å². The van der Waals surface area contributed by atoms with Crippen molar-refractivity contribution in [2.45, 2.75) is 20.8 Å². The van der Waals surface area contributed by atoms with Crippen LogP contribution in [0.15, 0.2) is 66.7 Å². The predicted octanol–water partition coefficient (Wildman–Crippen LogP) is 5.33. The third-order valence-corrected chi connectivity index (χ3v) is 4.83. The molecule has 3 rings (SSSR count). The third kappa shape index (κ3) is 5.12. The van der Waals surface area contributed by atoms with E-state index in [0.717, 1.165) is 33.9 Å². The molecular formula is C24H29BNO3+. The first-order chi connectivity index (χ1) is 13.8. The van der Waals surface area contributed by atoms with E-state index in [1.165, 1.54) is 5.69 Å². The second-order valence-electron chi connectivity index (χ2n) is 8.09. The number of quaternary nitrogens is 1. The molecule has 0 atom stereocenters. The first-order valence-electron chi connectivity index (χ1n) is 9.78. The lowest BCUT2D eigenvalue weighted by atomic mass is 10.1. The summed E-state index contributed by atoms with van der Waals surface area (Å²) in [6.07, 6.45) is 0. The summed E-state index contributed by atoms with van der Waals surface area (Å²) in [5, 5.41) is 0. The number of hydrogen-bond donors (Lipinski definition) is 0. The molecule has 0 saturated heterocycles. The van der Waals surface area contributed by atoms with Crippen molar-refractivity contribution in [1.82, 2.24) is 4.48 Å². The summed E-state index contributed by atoms with van der Waals surface area (Å²) in [6, 6.07) is 21.7. The highest BCUT2D eigenvalue weighted by atomic mass is 16.7. The van der Waals surface area contributed by atoms with Gasteiger partial charge in [0, 0.05) is 0 Å². The lowest BCUT2D eigenvalue weighted by molar-refractivity contribution is 0.304. The van der Waals surface area contributed by atoms with E-state index >= 15 is 0 Å². The maximum Gasteiger partial charge on any atom is 0.864 e. The molecule has 0 amide bonds. The second-order valence-corrected chi connectivity index (χ2v) is 8.09. The zero-order chi connectivity index (χ0) is 21.0. The van der Waals surface area contributed by atoms with Gasteiger partial charge in [0.05, 0.1) is 26.7 Å². The summed E-state index contributed by atoms with van der Waals surface area (Å²) in [5.41, 5.74) is 4.28. The number of rotatable bonds is 7. The molecule has 3 aromatic carbocycles. The van der Waals surface area contributed by atoms with E-state index in [4.69, 9.17) is 14.0 Å². The summed E-state index contributed by atoms with van der Waals surface area (Å²) in [7, 11) is 5.49. The standard InChI is InChI=1S/C24H29BNO3/c1-18-12-7-9-15-22(18)27-25(28-23-16-10-8-13-19(23)2)29-24-17-11-14-21(20(24)3)26(4,5)6/h7-17H,1-6H3/q+1. The molecule has 4 nitrogen and oxygen atoms in total. The summed E-state index contributed by atoms with van der Waals surface area (Å²) in [6.45, 7) is 6.07. The summed E-state index contributed by atoms with van der Waals surface area (Å²) >= 11 is 0. The van der Waals surface area contributed by atoms with Gasteiger partial charge in [-0.25, -0.2) is 0 Å². The largest absolute Gasteiger partial charge is 0.864 e. The van der Waals surface area contributed by atoms with Crippen LogP contribution in [0, 0.1) is 20.8 Å². The Morgan fingerprint density at radius 3 is 1.52 bits per heavy atom. The Bertz CT molecular complexity index is 934. The van der Waals surface area contributed by atoms with Gasteiger partial charge in [0.1, 0.15) is 22.9 Å². The topological polar surface area (TPSA) is 27.7 Å². The Morgan fingerprint density at radius 1 is 0.586 bits per heavy atom. The normalized spacial score (nSPS) is 11.1. The highest BCUT2D eigenvalue weighted by Crippen LogP contribution is 2.31. The van der Waals surface area contributed by atoms with Gasteiger partial charge in [-0.2, -0.15) is 0 Å². The van der Waals surface area contributed by atoms with Crippen LogP contribution < -0.4 is 18.4 Å². The van der Waals surface area contributed by atoms with E-state index in [9.17, 15) is 0 Å². The Morgan fingerprint density at radius 2 is 1.03 bits per heavy atom. The molecule has 0 heterocycles. The van der Waals surface area contributed by atoms with E-state index < -0.39 is 7.32 Å². The van der Waals surface area contributed by atoms with Gasteiger partial charge in [-0.3, -0.25) is 4.48 Å². The number of aryl methyl sites for hydroxylation is 2. The van der Waals surface area contributed by atoms with Gasteiger partial charge in [0.25, 0.3) is 0 Å². The van der Waals surface area contributed by atoms with E-state index in [0.29, 0.717) is 4.48 Å². The first-order valence-corrected chi connectivity index (χ1v) is 9.78. The maximum absolute atomic E-state index is 6.24. The molecule has 0 aliphatic rings. The number of benzene rings is 3. The molecule has 150 valence electrons. The highest BCUT2D eigenvalue weighted by molar-refractivity contribution is 6.39. The fourth-order valence-corrected chi connectivity index (χ4v) is 3.22. The molecule has 0 aliphatic carbocycles. The number of hydrogen-bond acceptors (Lipinski definition) is 3. The zero-order valence-corrected chi connectivity index (χ0v) is 18.1. The summed E-state index contributed by atoms with van der Waals surface area (Å²) in [5.74, 6) is 2.20. The van der Waals surface area contributed by atoms with Gasteiger partial charge in [0.15, 0.2) is 0 Å². The van der Waals surface area contributed by atoms with Crippen molar-refractivity contribution in [1.29, 1.82) is 0 Å². The minimum atomic E-state index is -0.918. The van der Waals surface area contributed by atoms with Crippen LogP contribution in [0.25, 0.3) is 0 Å². The van der Waals surface area contributed by atoms with Gasteiger partial charge >= 0.3 is 7.32 Å². The Kier molecular flexibility index (Phi) is 6.19. The predicted molar refractivity (Wildman–Crippen MR) is 121 cm³/mol. The Labute approximate surface area is 174 Å². The summed E-state index contributed by atoms with van der Waals surface area (Å²) in [4.78, 5) is 0. The van der Waals surface area contributed by atoms with Crippen molar-refractivity contribution in [3.8, 4) is 17.2 Å². The van der Waals surface area contributed by atoms with Gasteiger partial charge in [-0.1, -0.05) is 42.5 Å². The highest BCUT2D eigenvalue weighted by Gasteiger charge is 2.33. The SMILES string of the molecule is Cc1ccccc1OB(Oc1ccccc1C)Oc1cccc([N+](C)(C)C)c1C. The van der Waals surface area contributed by atoms with Crippen molar-refractivity contribution >= 4 is 13.0 Å². The Hall–Kier alpha value is -2.92. The molecular weight excluding hydrogens is 361 g/mol. The summed E-state index contributed by atoms with van der Waals surface area (Å²) < 4.78 is 19.2. The smallest absolute Gasteiger partial charge is 0.489 e. The van der Waals surface area contributed by atoms with Crippen LogP contribution in [0.3, 0.4) is 0 Å². The number of nitrogens with zero attached hydrogens (tertiary/aromatic N) is 1. The molecule has 0 saturated carbocycles. The van der Waals surface area contributed by atoms with E-state index in [2.05, 4.69) is 34.1 Å². The molecule has 0 aliphatic heterocycles. The Balaban J connectivity index is 1.93. The van der Waals surface area contributed by atoms with E-state index in [1.54, 1.807) is 0 Å². The van der Waals surface area contributed by atoms with Crippen molar-refractivity contribution in [2.24, 2.45) is 0 Å². The third-order valence-electron chi connectivity index (χ3n) is 4.83. The van der Waals surface area contributed by atoms with Crippen LogP contribution >= 0.6 is 0 Å². The molecule has 0 radical (unpaired) electrons. The van der Waals surface area contributed by atoms with Crippen molar-refractivity contribution in [2.75, 3.05) is 21.1 Å². The van der Waals surface area contributed by atoms with Gasteiger partial charge in [-0.05, 0) is 56.2 Å². The van der Waals surface area contributed by atoms with Gasteiger partial charge < -0.3 is 14.0 Å². The first kappa shape index (κ1) is 20.8. The van der Waals surface area contributed by atoms with Gasteiger partial charge in [0.2, 0.25) is 0 Å². The van der Waals surface area contributed by atoms with Crippen LogP contribution in [0.5, 0.6) is 17.2 Å². The molecule has 0 spiro atoms. The minimum absolute atomic E-state index is 0.699. The van der Waals surface area contributed by atoms with Crippen LogP contribution in [0.1, 0.15) is 16.7 Å². The molecule has 0 aromatic heterocycles. The van der Waals surface area contributed by atoms with Gasteiger partial charge in [-0.15, -0.1) is 0 Å². The fraction of sp³-hybridized carbons (Fsp3) is 0.250. The maximum atomic E-state index is 6.24. The van der Waals surface area contributed by atoms with Crippen molar-refractivity contribution in [3.63, 3.8) is 0 Å². The molecule has 0 unspecified atom stereocenters. The average Bonchev–Trinajstić information content (AvgIpc) is 2.66. The quantitative estimate of drug-likeness (QED) is 0.403. The van der Waals surface area contributed by atoms with Crippen LogP contribution in [0.2, 0.25) is 0 Å². The molecule has 0 N–H and O–H groups in total. The average molecular weight is 390 g/mol. The van der Waals surface area contributed by atoms with E-state index in [-0.39, 0.29) is 0 Å². The van der Waals surface area contributed by atoms with Crippen molar-refractivity contribution in [3.05, 3.63) is 83.4 Å². The fourth-order valence-electron chi connectivity index (χ4n) is 3.22. The van der Waals surface area contributed by atoms with Crippen LogP contribution in [-0.2, 0) is 0 Å². The monoisotopic (exact) mass is 390 g/mol. The second kappa shape index (κ2) is 8.62. The molecule has 0 bridgehead atoms. The lowest BCUT2D eigenvalue weighted by Gasteiger charge is -2.26. The van der Waals surface area contributed by atoms with Crippen molar-refractivity contribution < 1.29 is 14.0 Å². The number of para-hydroxylation sites is 2. The zero-order valence-electron chi connectivity index (χ0n) is 18.1. The lowest BCUT2D eigenvalue weighted by Crippen LogP contribution is -2.38. The molecule has 29 heavy (non-hydrogen) atoms. The minimum Gasteiger partial charge on any atom is -0.489 e. The molecule has 3 aromatic rings. The molecule has 5 heteroatoms. The molecule has 0 fully saturated rings. The van der Waals surface area contributed by atoms with E-state index in [1.807, 2.05) is 74.5 Å².